The zero-order valence-electron chi connectivity index (χ0n) is 15.6. The number of nitrogens with zero attached hydrogens (tertiary/aromatic N) is 1. The first-order valence-electron chi connectivity index (χ1n) is 9.60. The van der Waals surface area contributed by atoms with Crippen molar-refractivity contribution in [2.24, 2.45) is 0 Å². The van der Waals surface area contributed by atoms with E-state index in [4.69, 9.17) is 9.47 Å². The number of rotatable bonds is 4. The van der Waals surface area contributed by atoms with Crippen LogP contribution in [0, 0.1) is 11.6 Å². The van der Waals surface area contributed by atoms with Crippen LogP contribution in [0.25, 0.3) is 0 Å². The first kappa shape index (κ1) is 19.0. The number of carbonyl (C=O) groups is 1. The van der Waals surface area contributed by atoms with Gasteiger partial charge in [-0.15, -0.1) is 0 Å². The normalized spacial score (nSPS) is 23.1. The molecule has 2 fully saturated rings. The Balaban J connectivity index is 1.66. The van der Waals surface area contributed by atoms with Crippen molar-refractivity contribution in [2.75, 3.05) is 26.3 Å². The summed E-state index contributed by atoms with van der Waals surface area (Å²) in [7, 11) is 0. The lowest BCUT2D eigenvalue weighted by atomic mass is 9.71. The average molecular weight is 387 g/mol. The third-order valence-electron chi connectivity index (χ3n) is 5.67. The topological polar surface area (TPSA) is 38.8 Å². The fraction of sp³-hybridized carbons (Fsp3) is 0.409. The molecule has 1 atom stereocenters. The second-order valence-electron chi connectivity index (χ2n) is 7.48. The zero-order chi connectivity index (χ0) is 19.6. The van der Waals surface area contributed by atoms with Gasteiger partial charge in [-0.25, -0.2) is 8.78 Å². The van der Waals surface area contributed by atoms with Crippen LogP contribution in [0.4, 0.5) is 8.78 Å². The van der Waals surface area contributed by atoms with Gasteiger partial charge in [0.2, 0.25) is 0 Å². The van der Waals surface area contributed by atoms with Crippen molar-refractivity contribution in [3.8, 4) is 0 Å². The van der Waals surface area contributed by atoms with E-state index in [1.54, 1.807) is 23.1 Å². The molecule has 4 nitrogen and oxygen atoms in total. The molecule has 6 heteroatoms. The van der Waals surface area contributed by atoms with Gasteiger partial charge in [-0.1, -0.05) is 24.3 Å². The molecular formula is C22H23F2NO3. The number of halogens is 2. The number of amides is 1. The lowest BCUT2D eigenvalue weighted by molar-refractivity contribution is -0.0683. The van der Waals surface area contributed by atoms with Gasteiger partial charge in [0.05, 0.1) is 13.2 Å². The van der Waals surface area contributed by atoms with Crippen molar-refractivity contribution in [2.45, 2.75) is 31.0 Å². The fourth-order valence-electron chi connectivity index (χ4n) is 4.26. The highest BCUT2D eigenvalue weighted by Gasteiger charge is 2.42. The molecule has 1 amide bonds. The number of benzene rings is 2. The molecule has 148 valence electrons. The Morgan fingerprint density at radius 2 is 1.82 bits per heavy atom. The standard InChI is InChI=1S/C22H23F2NO3/c23-18-8-7-17(13-19(18)24)22(14-20-27-11-12-28-20)9-4-10-25(15-22)21(26)16-5-2-1-3-6-16/h1-3,5-8,13,20H,4,9-12,14-15H2. The van der Waals surface area contributed by atoms with Crippen molar-refractivity contribution in [3.63, 3.8) is 0 Å². The average Bonchev–Trinajstić information content (AvgIpc) is 3.23. The number of likely N-dealkylation sites (tertiary alicyclic amines) is 1. The number of ether oxygens (including phenoxy) is 2. The minimum absolute atomic E-state index is 0.0551. The summed E-state index contributed by atoms with van der Waals surface area (Å²) in [4.78, 5) is 14.8. The number of carbonyl (C=O) groups excluding carboxylic acids is 1. The van der Waals surface area contributed by atoms with Gasteiger partial charge in [0.15, 0.2) is 17.9 Å². The fourth-order valence-corrected chi connectivity index (χ4v) is 4.26. The molecule has 2 aromatic rings. The van der Waals surface area contributed by atoms with Crippen LogP contribution in [0.2, 0.25) is 0 Å². The molecule has 0 radical (unpaired) electrons. The number of piperidine rings is 1. The molecule has 0 aliphatic carbocycles. The Bertz CT molecular complexity index is 839. The van der Waals surface area contributed by atoms with E-state index in [0.29, 0.717) is 43.9 Å². The highest BCUT2D eigenvalue weighted by Crippen LogP contribution is 2.40. The Labute approximate surface area is 163 Å². The molecule has 2 aliphatic heterocycles. The van der Waals surface area contributed by atoms with Crippen LogP contribution in [0.15, 0.2) is 48.5 Å². The van der Waals surface area contributed by atoms with Crippen LogP contribution in [-0.2, 0) is 14.9 Å². The third-order valence-corrected chi connectivity index (χ3v) is 5.67. The van der Waals surface area contributed by atoms with E-state index in [-0.39, 0.29) is 5.91 Å². The molecule has 2 aromatic carbocycles. The maximum absolute atomic E-state index is 14.0. The molecule has 0 bridgehead atoms. The van der Waals surface area contributed by atoms with E-state index in [0.717, 1.165) is 18.9 Å². The van der Waals surface area contributed by atoms with Gasteiger partial charge in [-0.2, -0.15) is 0 Å². The first-order chi connectivity index (χ1) is 13.6. The predicted molar refractivity (Wildman–Crippen MR) is 99.9 cm³/mol. The summed E-state index contributed by atoms with van der Waals surface area (Å²) in [5, 5.41) is 0. The Hall–Kier alpha value is -2.31. The summed E-state index contributed by atoms with van der Waals surface area (Å²) in [5.74, 6) is -1.81. The van der Waals surface area contributed by atoms with Gasteiger partial charge in [0, 0.05) is 30.5 Å². The second kappa shape index (κ2) is 7.97. The maximum atomic E-state index is 14.0. The quantitative estimate of drug-likeness (QED) is 0.799. The Morgan fingerprint density at radius 1 is 1.07 bits per heavy atom. The van der Waals surface area contributed by atoms with Gasteiger partial charge in [0.25, 0.3) is 5.91 Å². The van der Waals surface area contributed by atoms with Crippen molar-refractivity contribution in [3.05, 3.63) is 71.3 Å². The molecule has 4 rings (SSSR count). The van der Waals surface area contributed by atoms with E-state index in [1.807, 2.05) is 18.2 Å². The van der Waals surface area contributed by atoms with E-state index >= 15 is 0 Å². The molecule has 0 spiro atoms. The van der Waals surface area contributed by atoms with Crippen molar-refractivity contribution < 1.29 is 23.0 Å². The van der Waals surface area contributed by atoms with Gasteiger partial charge >= 0.3 is 0 Å². The maximum Gasteiger partial charge on any atom is 0.253 e. The summed E-state index contributed by atoms with van der Waals surface area (Å²) in [5.41, 5.74) is 0.750. The van der Waals surface area contributed by atoms with E-state index in [9.17, 15) is 13.6 Å². The second-order valence-corrected chi connectivity index (χ2v) is 7.48. The van der Waals surface area contributed by atoms with Crippen molar-refractivity contribution in [1.82, 2.24) is 4.90 Å². The van der Waals surface area contributed by atoms with Crippen LogP contribution in [0.1, 0.15) is 35.2 Å². The summed E-state index contributed by atoms with van der Waals surface area (Å²) >= 11 is 0. The summed E-state index contributed by atoms with van der Waals surface area (Å²) < 4.78 is 38.8. The van der Waals surface area contributed by atoms with Crippen molar-refractivity contribution in [1.29, 1.82) is 0 Å². The molecule has 2 heterocycles. The van der Waals surface area contributed by atoms with Gasteiger partial charge in [-0.3, -0.25) is 4.79 Å². The molecule has 1 unspecified atom stereocenters. The van der Waals surface area contributed by atoms with Crippen molar-refractivity contribution >= 4 is 5.91 Å². The largest absolute Gasteiger partial charge is 0.350 e. The number of hydrogen-bond donors (Lipinski definition) is 0. The number of hydrogen-bond acceptors (Lipinski definition) is 3. The Morgan fingerprint density at radius 3 is 2.54 bits per heavy atom. The van der Waals surface area contributed by atoms with E-state index in [2.05, 4.69) is 0 Å². The highest BCUT2D eigenvalue weighted by molar-refractivity contribution is 5.94. The van der Waals surface area contributed by atoms with E-state index < -0.39 is 23.3 Å². The molecule has 0 aromatic heterocycles. The molecule has 0 N–H and O–H groups in total. The van der Waals surface area contributed by atoms with Crippen LogP contribution < -0.4 is 0 Å². The molecule has 0 saturated carbocycles. The third kappa shape index (κ3) is 3.80. The molecule has 28 heavy (non-hydrogen) atoms. The summed E-state index contributed by atoms with van der Waals surface area (Å²) in [6.45, 7) is 2.08. The van der Waals surface area contributed by atoms with Gasteiger partial charge < -0.3 is 14.4 Å². The highest BCUT2D eigenvalue weighted by atomic mass is 19.2. The van der Waals surface area contributed by atoms with Crippen LogP contribution in [-0.4, -0.2) is 43.4 Å². The Kier molecular flexibility index (Phi) is 5.42. The molecular weight excluding hydrogens is 364 g/mol. The zero-order valence-corrected chi connectivity index (χ0v) is 15.6. The predicted octanol–water partition coefficient (Wildman–Crippen LogP) is 3.90. The van der Waals surface area contributed by atoms with Crippen LogP contribution >= 0.6 is 0 Å². The smallest absolute Gasteiger partial charge is 0.253 e. The minimum Gasteiger partial charge on any atom is -0.350 e. The summed E-state index contributed by atoms with van der Waals surface area (Å²) in [6, 6.07) is 13.1. The van der Waals surface area contributed by atoms with Gasteiger partial charge in [-0.05, 0) is 42.7 Å². The van der Waals surface area contributed by atoms with E-state index in [1.165, 1.54) is 6.07 Å². The molecule has 2 saturated heterocycles. The molecule has 2 aliphatic rings. The van der Waals surface area contributed by atoms with Crippen LogP contribution in [0.5, 0.6) is 0 Å². The lowest BCUT2D eigenvalue weighted by Crippen LogP contribution is -2.50. The first-order valence-corrected chi connectivity index (χ1v) is 9.60. The monoisotopic (exact) mass is 387 g/mol. The minimum atomic E-state index is -0.878. The SMILES string of the molecule is O=C(c1ccccc1)N1CCCC(CC2OCCO2)(c2ccc(F)c(F)c2)C1. The lowest BCUT2D eigenvalue weighted by Gasteiger charge is -2.44. The summed E-state index contributed by atoms with van der Waals surface area (Å²) in [6.07, 6.45) is 1.61. The van der Waals surface area contributed by atoms with Crippen LogP contribution in [0.3, 0.4) is 0 Å². The van der Waals surface area contributed by atoms with Gasteiger partial charge in [0.1, 0.15) is 0 Å².